The molecular formula is C15H22N4S. The Bertz CT molecular complexity index is 524. The molecule has 0 saturated heterocycles. The van der Waals surface area contributed by atoms with Gasteiger partial charge in [0.15, 0.2) is 0 Å². The Labute approximate surface area is 124 Å². The van der Waals surface area contributed by atoms with E-state index in [4.69, 9.17) is 5.73 Å². The van der Waals surface area contributed by atoms with Crippen molar-refractivity contribution in [1.82, 2.24) is 14.5 Å². The van der Waals surface area contributed by atoms with Crippen LogP contribution in [-0.2, 0) is 6.54 Å². The van der Waals surface area contributed by atoms with Crippen LogP contribution in [0.1, 0.15) is 25.7 Å². The molecule has 0 aliphatic rings. The number of hydrogen-bond donors (Lipinski definition) is 1. The average Bonchev–Trinajstić information content (AvgIpc) is 2.91. The lowest BCUT2D eigenvalue weighted by atomic mass is 10.2. The van der Waals surface area contributed by atoms with E-state index in [9.17, 15) is 0 Å². The van der Waals surface area contributed by atoms with Crippen molar-refractivity contribution in [3.8, 4) is 11.3 Å². The molecule has 0 amide bonds. The Morgan fingerprint density at radius 3 is 2.90 bits per heavy atom. The molecule has 0 fully saturated rings. The molecule has 0 unspecified atom stereocenters. The Morgan fingerprint density at radius 2 is 2.10 bits per heavy atom. The summed E-state index contributed by atoms with van der Waals surface area (Å²) in [6.45, 7) is 0.989. The Hall–Kier alpha value is -1.49. The molecule has 5 heteroatoms. The van der Waals surface area contributed by atoms with Gasteiger partial charge in [0.1, 0.15) is 5.82 Å². The lowest BCUT2D eigenvalue weighted by Gasteiger charge is -2.09. The molecule has 0 aliphatic heterocycles. The maximum Gasteiger partial charge on any atom is 0.132 e. The van der Waals surface area contributed by atoms with E-state index in [1.807, 2.05) is 36.4 Å². The Balaban J connectivity index is 1.91. The standard InChI is InChI=1S/C15H22N4S/c1-20-10-5-3-2-4-9-19-12-17-11-14(19)13-7-6-8-18-15(13)16/h6-8,11-12H,2-5,9-10H2,1H3,(H2,16,18). The third-order valence-corrected chi connectivity index (χ3v) is 4.02. The maximum absolute atomic E-state index is 5.94. The molecule has 0 saturated carbocycles. The molecule has 2 heterocycles. The molecule has 2 rings (SSSR count). The van der Waals surface area contributed by atoms with Crippen LogP contribution < -0.4 is 5.73 Å². The van der Waals surface area contributed by atoms with E-state index < -0.39 is 0 Å². The van der Waals surface area contributed by atoms with E-state index in [1.54, 1.807) is 6.20 Å². The fraction of sp³-hybridized carbons (Fsp3) is 0.467. The minimum absolute atomic E-state index is 0.564. The summed E-state index contributed by atoms with van der Waals surface area (Å²) in [4.78, 5) is 8.38. The van der Waals surface area contributed by atoms with E-state index in [0.717, 1.165) is 17.8 Å². The predicted molar refractivity (Wildman–Crippen MR) is 86.7 cm³/mol. The zero-order valence-corrected chi connectivity index (χ0v) is 12.8. The van der Waals surface area contributed by atoms with E-state index in [0.29, 0.717) is 5.82 Å². The number of aromatic nitrogens is 3. The van der Waals surface area contributed by atoms with Gasteiger partial charge in [0, 0.05) is 18.3 Å². The number of unbranched alkanes of at least 4 members (excludes halogenated alkanes) is 3. The van der Waals surface area contributed by atoms with Gasteiger partial charge in [0.05, 0.1) is 18.2 Å². The van der Waals surface area contributed by atoms with Crippen LogP contribution >= 0.6 is 11.8 Å². The Morgan fingerprint density at radius 1 is 1.25 bits per heavy atom. The Kier molecular flexibility index (Phi) is 5.92. The molecule has 0 aliphatic carbocycles. The summed E-state index contributed by atoms with van der Waals surface area (Å²) in [6, 6.07) is 3.90. The summed E-state index contributed by atoms with van der Waals surface area (Å²) < 4.78 is 2.17. The molecule has 0 spiro atoms. The van der Waals surface area contributed by atoms with Crippen molar-refractivity contribution in [3.05, 3.63) is 30.9 Å². The third kappa shape index (κ3) is 4.00. The minimum atomic E-state index is 0.564. The first-order valence-electron chi connectivity index (χ1n) is 7.03. The zero-order valence-electron chi connectivity index (χ0n) is 12.0. The molecule has 0 atom stereocenters. The fourth-order valence-corrected chi connectivity index (χ4v) is 2.73. The number of anilines is 1. The highest BCUT2D eigenvalue weighted by molar-refractivity contribution is 7.98. The summed E-state index contributed by atoms with van der Waals surface area (Å²) in [6.07, 6.45) is 12.7. The topological polar surface area (TPSA) is 56.7 Å². The van der Waals surface area contributed by atoms with Crippen molar-refractivity contribution >= 4 is 17.6 Å². The molecule has 2 N–H and O–H groups in total. The lowest BCUT2D eigenvalue weighted by Crippen LogP contribution is -2.01. The molecule has 0 aromatic carbocycles. The molecular weight excluding hydrogens is 268 g/mol. The largest absolute Gasteiger partial charge is 0.383 e. The number of rotatable bonds is 8. The number of nitrogen functional groups attached to an aromatic ring is 1. The van der Waals surface area contributed by atoms with Gasteiger partial charge in [0.25, 0.3) is 0 Å². The SMILES string of the molecule is CSCCCCCCn1cncc1-c1cccnc1N. The quantitative estimate of drug-likeness (QED) is 0.757. The lowest BCUT2D eigenvalue weighted by molar-refractivity contribution is 0.586. The summed E-state index contributed by atoms with van der Waals surface area (Å²) in [5, 5.41) is 0. The fourth-order valence-electron chi connectivity index (χ4n) is 2.24. The number of aryl methyl sites for hydroxylation is 1. The second-order valence-electron chi connectivity index (χ2n) is 4.82. The number of imidazole rings is 1. The van der Waals surface area contributed by atoms with E-state index in [-0.39, 0.29) is 0 Å². The van der Waals surface area contributed by atoms with Crippen LogP contribution in [0.5, 0.6) is 0 Å². The third-order valence-electron chi connectivity index (χ3n) is 3.32. The number of pyridine rings is 1. The first kappa shape index (κ1) is 14.9. The van der Waals surface area contributed by atoms with Gasteiger partial charge in [-0.25, -0.2) is 9.97 Å². The van der Waals surface area contributed by atoms with Crippen molar-refractivity contribution in [2.75, 3.05) is 17.7 Å². The van der Waals surface area contributed by atoms with Crippen molar-refractivity contribution < 1.29 is 0 Å². The number of nitrogens with two attached hydrogens (primary N) is 1. The average molecular weight is 290 g/mol. The van der Waals surface area contributed by atoms with Gasteiger partial charge in [-0.3, -0.25) is 0 Å². The van der Waals surface area contributed by atoms with E-state index >= 15 is 0 Å². The summed E-state index contributed by atoms with van der Waals surface area (Å²) in [7, 11) is 0. The number of thioether (sulfide) groups is 1. The highest BCUT2D eigenvalue weighted by Crippen LogP contribution is 2.23. The second kappa shape index (κ2) is 7.94. The van der Waals surface area contributed by atoms with Crippen LogP contribution in [0.25, 0.3) is 11.3 Å². The summed E-state index contributed by atoms with van der Waals surface area (Å²) >= 11 is 1.92. The number of nitrogens with zero attached hydrogens (tertiary/aromatic N) is 3. The predicted octanol–water partition coefficient (Wildman–Crippen LogP) is 3.45. The van der Waals surface area contributed by atoms with Gasteiger partial charge >= 0.3 is 0 Å². The minimum Gasteiger partial charge on any atom is -0.383 e. The monoisotopic (exact) mass is 290 g/mol. The van der Waals surface area contributed by atoms with Gasteiger partial charge in [-0.15, -0.1) is 0 Å². The molecule has 20 heavy (non-hydrogen) atoms. The highest BCUT2D eigenvalue weighted by Gasteiger charge is 2.08. The van der Waals surface area contributed by atoms with Crippen LogP contribution in [-0.4, -0.2) is 26.5 Å². The van der Waals surface area contributed by atoms with Crippen molar-refractivity contribution in [2.24, 2.45) is 0 Å². The smallest absolute Gasteiger partial charge is 0.132 e. The van der Waals surface area contributed by atoms with Crippen LogP contribution in [0.15, 0.2) is 30.9 Å². The van der Waals surface area contributed by atoms with Gasteiger partial charge in [0.2, 0.25) is 0 Å². The highest BCUT2D eigenvalue weighted by atomic mass is 32.2. The molecule has 108 valence electrons. The molecule has 0 bridgehead atoms. The van der Waals surface area contributed by atoms with Gasteiger partial charge in [-0.1, -0.05) is 12.8 Å². The maximum atomic E-state index is 5.94. The molecule has 2 aromatic heterocycles. The first-order chi connectivity index (χ1) is 9.83. The van der Waals surface area contributed by atoms with Crippen molar-refractivity contribution in [3.63, 3.8) is 0 Å². The van der Waals surface area contributed by atoms with Gasteiger partial charge in [-0.2, -0.15) is 11.8 Å². The van der Waals surface area contributed by atoms with Crippen LogP contribution in [0, 0.1) is 0 Å². The normalized spacial score (nSPS) is 10.8. The molecule has 2 aromatic rings. The van der Waals surface area contributed by atoms with Crippen LogP contribution in [0.4, 0.5) is 5.82 Å². The number of hydrogen-bond acceptors (Lipinski definition) is 4. The van der Waals surface area contributed by atoms with Crippen LogP contribution in [0.3, 0.4) is 0 Å². The summed E-state index contributed by atoms with van der Waals surface area (Å²) in [5.41, 5.74) is 7.96. The van der Waals surface area contributed by atoms with Crippen LogP contribution in [0.2, 0.25) is 0 Å². The first-order valence-corrected chi connectivity index (χ1v) is 8.42. The van der Waals surface area contributed by atoms with E-state index in [1.165, 1.54) is 31.4 Å². The molecule has 0 radical (unpaired) electrons. The second-order valence-corrected chi connectivity index (χ2v) is 5.80. The van der Waals surface area contributed by atoms with Crippen molar-refractivity contribution in [2.45, 2.75) is 32.2 Å². The van der Waals surface area contributed by atoms with Crippen molar-refractivity contribution in [1.29, 1.82) is 0 Å². The zero-order chi connectivity index (χ0) is 14.2. The summed E-state index contributed by atoms with van der Waals surface area (Å²) in [5.74, 6) is 1.83. The van der Waals surface area contributed by atoms with Gasteiger partial charge in [-0.05, 0) is 37.0 Å². The van der Waals surface area contributed by atoms with Gasteiger partial charge < -0.3 is 10.3 Å². The molecule has 4 nitrogen and oxygen atoms in total. The van der Waals surface area contributed by atoms with E-state index in [2.05, 4.69) is 20.8 Å².